The van der Waals surface area contributed by atoms with Crippen molar-refractivity contribution < 1.29 is 4.79 Å². The van der Waals surface area contributed by atoms with Gasteiger partial charge in [0.15, 0.2) is 0 Å². The maximum atomic E-state index is 12.5. The van der Waals surface area contributed by atoms with Gasteiger partial charge in [-0.1, -0.05) is 35.9 Å². The predicted octanol–water partition coefficient (Wildman–Crippen LogP) is 4.63. The highest BCUT2D eigenvalue weighted by Gasteiger charge is 2.15. The minimum atomic E-state index is -0.0326. The van der Waals surface area contributed by atoms with E-state index < -0.39 is 0 Å². The van der Waals surface area contributed by atoms with Crippen molar-refractivity contribution in [3.05, 3.63) is 64.3 Å². The third-order valence-corrected chi connectivity index (χ3v) is 4.58. The number of amides is 1. The van der Waals surface area contributed by atoms with Gasteiger partial charge in [0.25, 0.3) is 0 Å². The molecule has 1 aromatic heterocycles. The van der Waals surface area contributed by atoms with Crippen LogP contribution in [0.2, 0.25) is 5.02 Å². The molecular weight excluding hydrogens is 308 g/mol. The van der Waals surface area contributed by atoms with Crippen LogP contribution in [0.4, 0.5) is 5.69 Å². The van der Waals surface area contributed by atoms with E-state index in [-0.39, 0.29) is 5.91 Å². The van der Waals surface area contributed by atoms with E-state index in [4.69, 9.17) is 11.6 Å². The van der Waals surface area contributed by atoms with Crippen molar-refractivity contribution in [1.82, 2.24) is 4.57 Å². The summed E-state index contributed by atoms with van der Waals surface area (Å²) in [5, 5.41) is 4.72. The fourth-order valence-electron chi connectivity index (χ4n) is 2.91. The van der Waals surface area contributed by atoms with Crippen molar-refractivity contribution in [3.8, 4) is 0 Å². The molecule has 0 atom stereocenters. The molecule has 1 heterocycles. The van der Waals surface area contributed by atoms with Crippen LogP contribution < -0.4 is 5.32 Å². The number of halogens is 1. The number of nitrogens with zero attached hydrogens (tertiary/aromatic N) is 1. The van der Waals surface area contributed by atoms with E-state index in [2.05, 4.69) is 22.0 Å². The van der Waals surface area contributed by atoms with E-state index in [0.29, 0.717) is 11.4 Å². The van der Waals surface area contributed by atoms with Crippen LogP contribution in [0.3, 0.4) is 0 Å². The number of nitrogens with one attached hydrogen (secondary N) is 1. The van der Waals surface area contributed by atoms with Crippen LogP contribution in [0.5, 0.6) is 0 Å². The molecule has 0 saturated heterocycles. The van der Waals surface area contributed by atoms with Gasteiger partial charge in [-0.2, -0.15) is 0 Å². The highest BCUT2D eigenvalue weighted by molar-refractivity contribution is 6.31. The molecule has 3 nitrogen and oxygen atoms in total. The van der Waals surface area contributed by atoms with Gasteiger partial charge in [-0.25, -0.2) is 0 Å². The molecule has 4 heteroatoms. The van der Waals surface area contributed by atoms with Crippen molar-refractivity contribution in [2.75, 3.05) is 5.32 Å². The summed E-state index contributed by atoms with van der Waals surface area (Å²) < 4.78 is 2.13. The minimum absolute atomic E-state index is 0.0326. The molecule has 0 aliphatic rings. The monoisotopic (exact) mass is 326 g/mol. The molecule has 23 heavy (non-hydrogen) atoms. The number of benzene rings is 2. The number of hydrogen-bond acceptors (Lipinski definition) is 1. The molecule has 3 aromatic rings. The zero-order chi connectivity index (χ0) is 16.6. The molecule has 118 valence electrons. The molecule has 1 amide bonds. The summed E-state index contributed by atoms with van der Waals surface area (Å²) in [6, 6.07) is 13.7. The second kappa shape index (κ2) is 6.09. The average Bonchev–Trinajstić information content (AvgIpc) is 2.76. The zero-order valence-corrected chi connectivity index (χ0v) is 14.2. The Labute approximate surface area is 140 Å². The number of rotatable bonds is 3. The number of para-hydroxylation sites is 1. The Balaban J connectivity index is 1.89. The largest absolute Gasteiger partial charge is 0.348 e. The molecule has 1 N–H and O–H groups in total. The Morgan fingerprint density at radius 3 is 2.70 bits per heavy atom. The summed E-state index contributed by atoms with van der Waals surface area (Å²) in [6.07, 6.45) is 0.346. The van der Waals surface area contributed by atoms with Crippen LogP contribution >= 0.6 is 11.6 Å². The summed E-state index contributed by atoms with van der Waals surface area (Å²) in [5.74, 6) is -0.0326. The van der Waals surface area contributed by atoms with Crippen molar-refractivity contribution in [1.29, 1.82) is 0 Å². The van der Waals surface area contributed by atoms with Crippen LogP contribution in [0, 0.1) is 13.8 Å². The molecule has 0 spiro atoms. The SMILES string of the molecule is Cc1ccc(Cl)cc1NC(=O)Cc1c(C)n(C)c2ccccc12. The summed E-state index contributed by atoms with van der Waals surface area (Å²) >= 11 is 6.01. The Bertz CT molecular complexity index is 896. The topological polar surface area (TPSA) is 34.0 Å². The van der Waals surface area contributed by atoms with Gasteiger partial charge in [-0.15, -0.1) is 0 Å². The van der Waals surface area contributed by atoms with Gasteiger partial charge in [0.05, 0.1) is 6.42 Å². The van der Waals surface area contributed by atoms with E-state index in [1.807, 2.05) is 45.2 Å². The standard InChI is InChI=1S/C19H19ClN2O/c1-12-8-9-14(20)10-17(12)21-19(23)11-16-13(2)22(3)18-7-5-4-6-15(16)18/h4-10H,11H2,1-3H3,(H,21,23). The highest BCUT2D eigenvalue weighted by Crippen LogP contribution is 2.26. The van der Waals surface area contributed by atoms with Crippen LogP contribution in [-0.2, 0) is 18.3 Å². The Morgan fingerprint density at radius 1 is 1.17 bits per heavy atom. The van der Waals surface area contributed by atoms with Gasteiger partial charge in [0, 0.05) is 34.4 Å². The lowest BCUT2D eigenvalue weighted by molar-refractivity contribution is -0.115. The molecule has 0 unspecified atom stereocenters. The fourth-order valence-corrected chi connectivity index (χ4v) is 3.08. The first-order chi connectivity index (χ1) is 11.0. The molecule has 0 radical (unpaired) electrons. The predicted molar refractivity (Wildman–Crippen MR) is 96.2 cm³/mol. The lowest BCUT2D eigenvalue weighted by Gasteiger charge is -2.09. The molecule has 0 aliphatic carbocycles. The van der Waals surface area contributed by atoms with Crippen LogP contribution in [0.25, 0.3) is 10.9 Å². The minimum Gasteiger partial charge on any atom is -0.348 e. The summed E-state index contributed by atoms with van der Waals surface area (Å²) in [6.45, 7) is 4.00. The van der Waals surface area contributed by atoms with E-state index >= 15 is 0 Å². The van der Waals surface area contributed by atoms with Crippen molar-refractivity contribution >= 4 is 34.1 Å². The van der Waals surface area contributed by atoms with Crippen LogP contribution in [-0.4, -0.2) is 10.5 Å². The van der Waals surface area contributed by atoms with Gasteiger partial charge in [-0.3, -0.25) is 4.79 Å². The third kappa shape index (κ3) is 2.97. The Hall–Kier alpha value is -2.26. The molecule has 0 saturated carbocycles. The second-order valence-corrected chi connectivity index (χ2v) is 6.26. The third-order valence-electron chi connectivity index (χ3n) is 4.34. The summed E-state index contributed by atoms with van der Waals surface area (Å²) in [7, 11) is 2.03. The molecule has 0 aliphatic heterocycles. The molecule has 3 rings (SSSR count). The summed E-state index contributed by atoms with van der Waals surface area (Å²) in [5.41, 5.74) is 5.09. The number of carbonyl (C=O) groups excluding carboxylic acids is 1. The number of aromatic nitrogens is 1. The van der Waals surface area contributed by atoms with E-state index in [9.17, 15) is 4.79 Å². The van der Waals surface area contributed by atoms with Gasteiger partial charge in [-0.05, 0) is 43.2 Å². The Kier molecular flexibility index (Phi) is 4.14. The maximum Gasteiger partial charge on any atom is 0.228 e. The summed E-state index contributed by atoms with van der Waals surface area (Å²) in [4.78, 5) is 12.5. The number of fused-ring (bicyclic) bond motifs is 1. The van der Waals surface area contributed by atoms with Crippen LogP contribution in [0.1, 0.15) is 16.8 Å². The first-order valence-electron chi connectivity index (χ1n) is 7.56. The van der Waals surface area contributed by atoms with E-state index in [1.54, 1.807) is 6.07 Å². The Morgan fingerprint density at radius 2 is 1.91 bits per heavy atom. The van der Waals surface area contributed by atoms with Gasteiger partial charge < -0.3 is 9.88 Å². The normalized spacial score (nSPS) is 11.0. The fraction of sp³-hybridized carbons (Fsp3) is 0.211. The van der Waals surface area contributed by atoms with Crippen molar-refractivity contribution in [2.24, 2.45) is 7.05 Å². The molecule has 2 aromatic carbocycles. The lowest BCUT2D eigenvalue weighted by Crippen LogP contribution is -2.15. The maximum absolute atomic E-state index is 12.5. The first kappa shape index (κ1) is 15.6. The van der Waals surface area contributed by atoms with Crippen molar-refractivity contribution in [2.45, 2.75) is 20.3 Å². The number of carbonyl (C=O) groups is 1. The molecular formula is C19H19ClN2O. The smallest absolute Gasteiger partial charge is 0.228 e. The lowest BCUT2D eigenvalue weighted by atomic mass is 10.1. The van der Waals surface area contributed by atoms with Crippen LogP contribution in [0.15, 0.2) is 42.5 Å². The van der Waals surface area contributed by atoms with Crippen molar-refractivity contribution in [3.63, 3.8) is 0 Å². The van der Waals surface area contributed by atoms with E-state index in [0.717, 1.165) is 33.4 Å². The highest BCUT2D eigenvalue weighted by atomic mass is 35.5. The quantitative estimate of drug-likeness (QED) is 0.748. The molecule has 0 bridgehead atoms. The van der Waals surface area contributed by atoms with Gasteiger partial charge >= 0.3 is 0 Å². The van der Waals surface area contributed by atoms with Gasteiger partial charge in [0.1, 0.15) is 0 Å². The zero-order valence-electron chi connectivity index (χ0n) is 13.5. The number of anilines is 1. The van der Waals surface area contributed by atoms with Gasteiger partial charge in [0.2, 0.25) is 5.91 Å². The first-order valence-corrected chi connectivity index (χ1v) is 7.94. The average molecular weight is 327 g/mol. The number of aryl methyl sites for hydroxylation is 2. The second-order valence-electron chi connectivity index (χ2n) is 5.82. The molecule has 0 fully saturated rings. The number of hydrogen-bond donors (Lipinski definition) is 1. The van der Waals surface area contributed by atoms with E-state index in [1.165, 1.54) is 0 Å².